The quantitative estimate of drug-likeness (QED) is 0.892. The summed E-state index contributed by atoms with van der Waals surface area (Å²) in [5, 5.41) is 16.5. The van der Waals surface area contributed by atoms with E-state index < -0.39 is 0 Å². The van der Waals surface area contributed by atoms with Gasteiger partial charge in [0.15, 0.2) is 0 Å². The average Bonchev–Trinajstić information content (AvgIpc) is 3.30. The van der Waals surface area contributed by atoms with Gasteiger partial charge in [-0.3, -0.25) is 4.79 Å². The van der Waals surface area contributed by atoms with E-state index in [4.69, 9.17) is 9.26 Å². The van der Waals surface area contributed by atoms with Gasteiger partial charge in [-0.1, -0.05) is 18.0 Å². The van der Waals surface area contributed by atoms with E-state index in [0.29, 0.717) is 12.3 Å². The number of aromatic nitrogens is 1. The van der Waals surface area contributed by atoms with Crippen LogP contribution >= 0.6 is 0 Å². The Morgan fingerprint density at radius 3 is 3.04 bits per heavy atom. The lowest BCUT2D eigenvalue weighted by molar-refractivity contribution is 0.0836. The molecule has 1 amide bonds. The number of rotatable bonds is 4. The van der Waals surface area contributed by atoms with Gasteiger partial charge >= 0.3 is 0 Å². The smallest absolute Gasteiger partial charge is 0.290 e. The van der Waals surface area contributed by atoms with Crippen LogP contribution in [0.2, 0.25) is 0 Å². The van der Waals surface area contributed by atoms with Crippen molar-refractivity contribution in [3.63, 3.8) is 0 Å². The Balaban J connectivity index is 1.48. The highest BCUT2D eigenvalue weighted by molar-refractivity contribution is 5.92. The third-order valence-corrected chi connectivity index (χ3v) is 5.18. The number of benzene rings is 1. The van der Waals surface area contributed by atoms with Gasteiger partial charge in [0, 0.05) is 36.6 Å². The number of aliphatic hydroxyl groups excluding tert-OH is 1. The van der Waals surface area contributed by atoms with E-state index in [1.54, 1.807) is 6.07 Å². The summed E-state index contributed by atoms with van der Waals surface area (Å²) in [7, 11) is 0. The predicted molar refractivity (Wildman–Crippen MR) is 91.4 cm³/mol. The molecule has 1 saturated carbocycles. The number of aliphatic hydroxyl groups is 1. The number of hydrogen-bond acceptors (Lipinski definition) is 5. The zero-order valence-corrected chi connectivity index (χ0v) is 14.0. The third kappa shape index (κ3) is 3.26. The molecule has 2 aliphatic rings. The standard InChI is InChI=1S/C19H22N2O4/c22-11-14-3-1-2-4-15(14)20-19(23)18-10-16(21-25-18)12-5-6-17-13(9-12)7-8-24-17/h5-6,9-10,14-15,22H,1-4,7-8,11H2,(H,20,23). The molecule has 1 aromatic heterocycles. The van der Waals surface area contributed by atoms with Crippen molar-refractivity contribution >= 4 is 5.91 Å². The zero-order chi connectivity index (χ0) is 17.2. The van der Waals surface area contributed by atoms with Crippen molar-refractivity contribution in [2.45, 2.75) is 38.1 Å². The normalized spacial score (nSPS) is 22.3. The summed E-state index contributed by atoms with van der Waals surface area (Å²) in [6.07, 6.45) is 4.90. The fraction of sp³-hybridized carbons (Fsp3) is 0.474. The highest BCUT2D eigenvalue weighted by Crippen LogP contribution is 2.30. The fourth-order valence-corrected chi connectivity index (χ4v) is 3.72. The molecule has 2 atom stereocenters. The van der Waals surface area contributed by atoms with Crippen molar-refractivity contribution < 1.29 is 19.2 Å². The van der Waals surface area contributed by atoms with Crippen LogP contribution < -0.4 is 10.1 Å². The highest BCUT2D eigenvalue weighted by atomic mass is 16.5. The van der Waals surface area contributed by atoms with E-state index in [1.165, 1.54) is 0 Å². The first-order valence-electron chi connectivity index (χ1n) is 8.89. The Morgan fingerprint density at radius 1 is 1.28 bits per heavy atom. The summed E-state index contributed by atoms with van der Waals surface area (Å²) in [5.41, 5.74) is 2.71. The van der Waals surface area contributed by atoms with Gasteiger partial charge in [0.1, 0.15) is 11.4 Å². The van der Waals surface area contributed by atoms with Crippen LogP contribution in [0.4, 0.5) is 0 Å². The Labute approximate surface area is 146 Å². The van der Waals surface area contributed by atoms with Gasteiger partial charge in [0.25, 0.3) is 5.91 Å². The average molecular weight is 342 g/mol. The molecule has 25 heavy (non-hydrogen) atoms. The van der Waals surface area contributed by atoms with E-state index in [2.05, 4.69) is 10.5 Å². The second-order valence-corrected chi connectivity index (χ2v) is 6.80. The van der Waals surface area contributed by atoms with Gasteiger partial charge in [0.2, 0.25) is 5.76 Å². The number of carbonyl (C=O) groups excluding carboxylic acids is 1. The summed E-state index contributed by atoms with van der Waals surface area (Å²) >= 11 is 0. The molecule has 2 heterocycles. The molecule has 2 aromatic rings. The van der Waals surface area contributed by atoms with Crippen molar-refractivity contribution in [1.29, 1.82) is 0 Å². The number of nitrogens with zero attached hydrogens (tertiary/aromatic N) is 1. The van der Waals surface area contributed by atoms with Crippen LogP contribution in [0.1, 0.15) is 41.8 Å². The predicted octanol–water partition coefficient (Wildman–Crippen LogP) is 2.56. The van der Waals surface area contributed by atoms with E-state index in [9.17, 15) is 9.90 Å². The minimum absolute atomic E-state index is 0.00283. The Kier molecular flexibility index (Phi) is 4.44. The lowest BCUT2D eigenvalue weighted by atomic mass is 9.85. The highest BCUT2D eigenvalue weighted by Gasteiger charge is 2.27. The summed E-state index contributed by atoms with van der Waals surface area (Å²) in [6, 6.07) is 7.55. The molecule has 132 valence electrons. The summed E-state index contributed by atoms with van der Waals surface area (Å²) in [4.78, 5) is 12.5. The maximum Gasteiger partial charge on any atom is 0.290 e. The van der Waals surface area contributed by atoms with Gasteiger partial charge in [0.05, 0.1) is 6.61 Å². The Bertz CT molecular complexity index is 771. The van der Waals surface area contributed by atoms with Gasteiger partial charge in [-0.05, 0) is 36.6 Å². The SMILES string of the molecule is O=C(NC1CCCCC1CO)c1cc(-c2ccc3c(c2)CCO3)no1. The second kappa shape index (κ2) is 6.88. The molecule has 0 radical (unpaired) electrons. The molecule has 1 fully saturated rings. The molecule has 1 aliphatic heterocycles. The fourth-order valence-electron chi connectivity index (χ4n) is 3.72. The lowest BCUT2D eigenvalue weighted by Gasteiger charge is -2.30. The van der Waals surface area contributed by atoms with Crippen molar-refractivity contribution in [3.05, 3.63) is 35.6 Å². The van der Waals surface area contributed by atoms with E-state index >= 15 is 0 Å². The number of amides is 1. The van der Waals surface area contributed by atoms with Crippen molar-refractivity contribution in [1.82, 2.24) is 10.5 Å². The monoisotopic (exact) mass is 342 g/mol. The van der Waals surface area contributed by atoms with Crippen molar-refractivity contribution in [2.24, 2.45) is 5.92 Å². The van der Waals surface area contributed by atoms with Crippen LogP contribution in [0.5, 0.6) is 5.75 Å². The Morgan fingerprint density at radius 2 is 2.16 bits per heavy atom. The summed E-state index contributed by atoms with van der Waals surface area (Å²) in [5.74, 6) is 0.969. The molecule has 0 bridgehead atoms. The van der Waals surface area contributed by atoms with Crippen LogP contribution in [0.3, 0.4) is 0 Å². The van der Waals surface area contributed by atoms with Crippen molar-refractivity contribution in [3.8, 4) is 17.0 Å². The topological polar surface area (TPSA) is 84.6 Å². The molecular formula is C19H22N2O4. The minimum atomic E-state index is -0.270. The van der Waals surface area contributed by atoms with Crippen LogP contribution in [0.15, 0.2) is 28.8 Å². The van der Waals surface area contributed by atoms with Crippen LogP contribution in [-0.2, 0) is 6.42 Å². The molecule has 1 aliphatic carbocycles. The van der Waals surface area contributed by atoms with E-state index in [-0.39, 0.29) is 30.2 Å². The van der Waals surface area contributed by atoms with Gasteiger partial charge in [-0.25, -0.2) is 0 Å². The molecule has 2 unspecified atom stereocenters. The van der Waals surface area contributed by atoms with Crippen molar-refractivity contribution in [2.75, 3.05) is 13.2 Å². The largest absolute Gasteiger partial charge is 0.493 e. The van der Waals surface area contributed by atoms with Crippen LogP contribution in [0.25, 0.3) is 11.3 Å². The van der Waals surface area contributed by atoms with Gasteiger partial charge < -0.3 is 19.7 Å². The molecule has 0 saturated heterocycles. The van der Waals surface area contributed by atoms with Crippen LogP contribution in [0, 0.1) is 5.92 Å². The first-order valence-corrected chi connectivity index (χ1v) is 8.89. The lowest BCUT2D eigenvalue weighted by Crippen LogP contribution is -2.43. The van der Waals surface area contributed by atoms with Gasteiger partial charge in [-0.15, -0.1) is 0 Å². The molecule has 4 rings (SSSR count). The molecule has 6 nitrogen and oxygen atoms in total. The minimum Gasteiger partial charge on any atom is -0.493 e. The molecule has 2 N–H and O–H groups in total. The summed E-state index contributed by atoms with van der Waals surface area (Å²) < 4.78 is 10.8. The first kappa shape index (κ1) is 16.1. The maximum atomic E-state index is 12.5. The number of nitrogens with one attached hydrogen (secondary N) is 1. The number of hydrogen-bond donors (Lipinski definition) is 2. The summed E-state index contributed by atoms with van der Waals surface area (Å²) in [6.45, 7) is 0.808. The number of ether oxygens (including phenoxy) is 1. The molecule has 6 heteroatoms. The zero-order valence-electron chi connectivity index (χ0n) is 14.0. The molecule has 1 aromatic carbocycles. The van der Waals surface area contributed by atoms with Gasteiger partial charge in [-0.2, -0.15) is 0 Å². The maximum absolute atomic E-state index is 12.5. The van der Waals surface area contributed by atoms with E-state index in [0.717, 1.165) is 49.0 Å². The number of carbonyl (C=O) groups is 1. The third-order valence-electron chi connectivity index (χ3n) is 5.18. The molecular weight excluding hydrogens is 320 g/mol. The number of fused-ring (bicyclic) bond motifs is 1. The van der Waals surface area contributed by atoms with E-state index in [1.807, 2.05) is 18.2 Å². The first-order chi connectivity index (χ1) is 12.2. The molecule has 0 spiro atoms. The Hall–Kier alpha value is -2.34. The van der Waals surface area contributed by atoms with Crippen LogP contribution in [-0.4, -0.2) is 35.4 Å². The second-order valence-electron chi connectivity index (χ2n) is 6.80.